The number of benzene rings is 1. The summed E-state index contributed by atoms with van der Waals surface area (Å²) in [6.07, 6.45) is -4.22. The summed E-state index contributed by atoms with van der Waals surface area (Å²) in [5, 5.41) is 4.58. The molecule has 0 aliphatic carbocycles. The summed E-state index contributed by atoms with van der Waals surface area (Å²) in [4.78, 5) is 44.0. The first-order chi connectivity index (χ1) is 18.3. The number of anilines is 1. The van der Waals surface area contributed by atoms with Crippen molar-refractivity contribution in [1.29, 1.82) is 0 Å². The van der Waals surface area contributed by atoms with Crippen molar-refractivity contribution in [2.24, 2.45) is 0 Å². The van der Waals surface area contributed by atoms with Crippen LogP contribution in [0.25, 0.3) is 16.7 Å². The third-order valence-corrected chi connectivity index (χ3v) is 5.93. The van der Waals surface area contributed by atoms with Gasteiger partial charge in [-0.3, -0.25) is 23.8 Å². The molecule has 2 N–H and O–H groups in total. The van der Waals surface area contributed by atoms with Gasteiger partial charge < -0.3 is 10.6 Å². The normalized spacial score (nSPS) is 16.5. The fourth-order valence-corrected chi connectivity index (χ4v) is 4.05. The molecule has 15 heteroatoms. The Morgan fingerprint density at radius 3 is 2.44 bits per heavy atom. The summed E-state index contributed by atoms with van der Waals surface area (Å²) >= 11 is 0. The van der Waals surface area contributed by atoms with Crippen LogP contribution in [0.2, 0.25) is 0 Å². The molecule has 2 atom stereocenters. The highest BCUT2D eigenvalue weighted by molar-refractivity contribution is 5.98. The summed E-state index contributed by atoms with van der Waals surface area (Å²) in [5.74, 6) is -5.15. The van der Waals surface area contributed by atoms with Crippen LogP contribution in [0.5, 0.6) is 0 Å². The molecule has 0 saturated carbocycles. The van der Waals surface area contributed by atoms with Crippen molar-refractivity contribution in [3.8, 4) is 5.69 Å². The van der Waals surface area contributed by atoms with E-state index in [1.165, 1.54) is 24.0 Å². The Balaban J connectivity index is 1.87. The first-order valence-electron chi connectivity index (χ1n) is 11.6. The number of alkyl halides is 3. The average molecular weight is 557 g/mol. The van der Waals surface area contributed by atoms with E-state index in [0.29, 0.717) is 16.7 Å². The topological polar surface area (TPSA) is 106 Å². The molecule has 9 nitrogen and oxygen atoms in total. The second-order valence-corrected chi connectivity index (χ2v) is 8.80. The Hall–Kier alpha value is -4.14. The van der Waals surface area contributed by atoms with E-state index in [4.69, 9.17) is 0 Å². The highest BCUT2D eigenvalue weighted by Crippen LogP contribution is 2.26. The average Bonchev–Trinajstić information content (AvgIpc) is 3.19. The third-order valence-electron chi connectivity index (χ3n) is 5.93. The van der Waals surface area contributed by atoms with Crippen LogP contribution in [-0.2, 0) is 4.74 Å². The predicted molar refractivity (Wildman–Crippen MR) is 126 cm³/mol. The van der Waals surface area contributed by atoms with Crippen LogP contribution in [0.15, 0.2) is 35.3 Å². The zero-order chi connectivity index (χ0) is 28.6. The summed E-state index contributed by atoms with van der Waals surface area (Å²) < 4.78 is 85.2. The Kier molecular flexibility index (Phi) is 7.54. The van der Waals surface area contributed by atoms with Crippen molar-refractivity contribution in [1.82, 2.24) is 20.2 Å². The molecule has 2 aromatic heterocycles. The molecule has 4 rings (SSSR count). The number of amides is 3. The molecular formula is C24H21F6N5O4. The summed E-state index contributed by atoms with van der Waals surface area (Å²) in [7, 11) is 0. The first kappa shape index (κ1) is 27.9. The number of halogens is 6. The van der Waals surface area contributed by atoms with Gasteiger partial charge in [0, 0.05) is 30.9 Å². The second-order valence-electron chi connectivity index (χ2n) is 8.80. The Bertz CT molecular complexity index is 1490. The molecule has 0 unspecified atom stereocenters. The molecule has 1 saturated heterocycles. The number of nitrogens with zero attached hydrogens (tertiary/aromatic N) is 3. The van der Waals surface area contributed by atoms with Crippen molar-refractivity contribution in [3.63, 3.8) is 0 Å². The maximum Gasteiger partial charge on any atom is 0.522 e. The van der Waals surface area contributed by atoms with Gasteiger partial charge >= 0.3 is 12.4 Å². The van der Waals surface area contributed by atoms with E-state index in [2.05, 4.69) is 20.4 Å². The predicted octanol–water partition coefficient (Wildman–Crippen LogP) is 3.77. The minimum Gasteiger partial charge on any atom is -0.347 e. The maximum absolute atomic E-state index is 14.8. The number of nitrogens with one attached hydrogen (secondary N) is 2. The summed E-state index contributed by atoms with van der Waals surface area (Å²) in [6, 6.07) is 1.31. The molecule has 1 aromatic carbocycles. The molecular weight excluding hydrogens is 536 g/mol. The molecule has 3 heterocycles. The minimum absolute atomic E-state index is 0.00789. The number of hydrogen-bond acceptors (Lipinski definition) is 5. The van der Waals surface area contributed by atoms with Gasteiger partial charge in [0.2, 0.25) is 5.43 Å². The van der Waals surface area contributed by atoms with Crippen LogP contribution >= 0.6 is 0 Å². The van der Waals surface area contributed by atoms with Gasteiger partial charge in [-0.1, -0.05) is 6.92 Å². The number of carbonyl (C=O) groups is 2. The van der Waals surface area contributed by atoms with Gasteiger partial charge in [-0.15, -0.1) is 13.2 Å². The molecule has 1 aliphatic heterocycles. The molecule has 3 amide bonds. The van der Waals surface area contributed by atoms with E-state index in [-0.39, 0.29) is 35.9 Å². The van der Waals surface area contributed by atoms with E-state index in [0.717, 1.165) is 6.20 Å². The van der Waals surface area contributed by atoms with Crippen LogP contribution < -0.4 is 21.0 Å². The smallest absolute Gasteiger partial charge is 0.347 e. The summed E-state index contributed by atoms with van der Waals surface area (Å²) in [6.45, 7) is 2.44. The van der Waals surface area contributed by atoms with Crippen LogP contribution in [0, 0.1) is 17.5 Å². The monoisotopic (exact) mass is 557 g/mol. The van der Waals surface area contributed by atoms with Gasteiger partial charge in [-0.05, 0) is 25.5 Å². The van der Waals surface area contributed by atoms with Crippen molar-refractivity contribution in [2.75, 3.05) is 18.1 Å². The largest absolute Gasteiger partial charge is 0.522 e. The molecule has 1 fully saturated rings. The van der Waals surface area contributed by atoms with E-state index >= 15 is 0 Å². The molecule has 1 aliphatic rings. The van der Waals surface area contributed by atoms with Crippen molar-refractivity contribution in [2.45, 2.75) is 38.7 Å². The Morgan fingerprint density at radius 2 is 1.87 bits per heavy atom. The van der Waals surface area contributed by atoms with Crippen molar-refractivity contribution in [3.05, 3.63) is 63.7 Å². The van der Waals surface area contributed by atoms with Crippen LogP contribution in [0.3, 0.4) is 0 Å². The number of ether oxygens (including phenoxy) is 1. The Morgan fingerprint density at radius 1 is 1.21 bits per heavy atom. The molecule has 0 radical (unpaired) electrons. The minimum atomic E-state index is -4.96. The summed E-state index contributed by atoms with van der Waals surface area (Å²) in [5.41, 5.74) is -2.88. The molecule has 0 bridgehead atoms. The molecule has 3 aromatic rings. The quantitative estimate of drug-likeness (QED) is 0.431. The van der Waals surface area contributed by atoms with Crippen molar-refractivity contribution >= 4 is 28.8 Å². The van der Waals surface area contributed by atoms with E-state index < -0.39 is 65.1 Å². The lowest BCUT2D eigenvalue weighted by Gasteiger charge is -2.20. The van der Waals surface area contributed by atoms with Crippen LogP contribution in [0.4, 0.5) is 37.0 Å². The van der Waals surface area contributed by atoms with Gasteiger partial charge in [-0.2, -0.15) is 0 Å². The number of aromatic nitrogens is 2. The van der Waals surface area contributed by atoms with Crippen molar-refractivity contribution < 1.29 is 40.7 Å². The number of rotatable bonds is 7. The Labute approximate surface area is 216 Å². The number of fused-ring (bicyclic) bond motifs is 1. The number of pyridine rings is 2. The number of urea groups is 1. The van der Waals surface area contributed by atoms with Gasteiger partial charge in [-0.25, -0.2) is 22.9 Å². The molecule has 0 spiro atoms. The maximum atomic E-state index is 14.8. The van der Waals surface area contributed by atoms with E-state index in [1.54, 1.807) is 6.92 Å². The van der Waals surface area contributed by atoms with Gasteiger partial charge in [0.1, 0.15) is 22.9 Å². The SMILES string of the molecule is CC[C@@H](COC(F)(F)F)NC(=O)c1cn(-c2c(F)cc(F)cc2F)c2nc(N3C[C@@H](C)NC3=O)ccc2c1=O. The van der Waals surface area contributed by atoms with E-state index in [1.807, 2.05) is 0 Å². The van der Waals surface area contributed by atoms with Crippen LogP contribution in [0.1, 0.15) is 30.6 Å². The standard InChI is InChI=1S/C24H21F6N5O4/c1-3-13(10-39-24(28,29)30)32-22(37)15-9-35(19-16(26)6-12(25)7-17(19)27)21-14(20(15)36)4-5-18(33-21)34-8-11(2)31-23(34)38/h4-7,9,11,13H,3,8,10H2,1-2H3,(H,31,38)(H,32,37)/t11-,13+/m1/s1. The zero-order valence-corrected chi connectivity index (χ0v) is 20.4. The number of hydrogen-bond donors (Lipinski definition) is 2. The van der Waals surface area contributed by atoms with Gasteiger partial charge in [0.05, 0.1) is 18.0 Å². The lowest BCUT2D eigenvalue weighted by atomic mass is 10.1. The van der Waals surface area contributed by atoms with Crippen LogP contribution in [-0.4, -0.2) is 53.1 Å². The second kappa shape index (κ2) is 10.6. The van der Waals surface area contributed by atoms with Gasteiger partial charge in [0.15, 0.2) is 17.3 Å². The molecule has 39 heavy (non-hydrogen) atoms. The lowest BCUT2D eigenvalue weighted by Crippen LogP contribution is -2.41. The zero-order valence-electron chi connectivity index (χ0n) is 20.4. The van der Waals surface area contributed by atoms with E-state index in [9.17, 15) is 40.7 Å². The number of carbonyl (C=O) groups excluding carboxylic acids is 2. The fourth-order valence-electron chi connectivity index (χ4n) is 4.05. The van der Waals surface area contributed by atoms with Gasteiger partial charge in [0.25, 0.3) is 5.91 Å². The fraction of sp³-hybridized carbons (Fsp3) is 0.333. The third kappa shape index (κ3) is 5.82. The highest BCUT2D eigenvalue weighted by Gasteiger charge is 2.32. The lowest BCUT2D eigenvalue weighted by molar-refractivity contribution is -0.326. The molecule has 208 valence electrons. The highest BCUT2D eigenvalue weighted by atomic mass is 19.4. The first-order valence-corrected chi connectivity index (χ1v) is 11.6.